The first-order valence-corrected chi connectivity index (χ1v) is 12.8. The summed E-state index contributed by atoms with van der Waals surface area (Å²) in [6.45, 7) is 3.67. The molecule has 3 aromatic carbocycles. The van der Waals surface area contributed by atoms with E-state index in [0.717, 1.165) is 48.3 Å². The Balaban J connectivity index is 1.46. The van der Waals surface area contributed by atoms with Gasteiger partial charge in [-0.3, -0.25) is 14.0 Å². The lowest BCUT2D eigenvalue weighted by Gasteiger charge is -2.26. The van der Waals surface area contributed by atoms with E-state index >= 15 is 0 Å². The maximum Gasteiger partial charge on any atom is 0.264 e. The van der Waals surface area contributed by atoms with Crippen molar-refractivity contribution in [3.63, 3.8) is 0 Å². The molecule has 1 heterocycles. The van der Waals surface area contributed by atoms with Crippen molar-refractivity contribution in [3.8, 4) is 0 Å². The number of halogens is 1. The maximum absolute atomic E-state index is 14.6. The monoisotopic (exact) mass is 497 g/mol. The Morgan fingerprint density at radius 2 is 1.63 bits per heavy atom. The lowest BCUT2D eigenvalue weighted by Crippen LogP contribution is -2.41. The molecule has 0 aliphatic carbocycles. The van der Waals surface area contributed by atoms with Gasteiger partial charge in [-0.15, -0.1) is 0 Å². The van der Waals surface area contributed by atoms with E-state index in [9.17, 15) is 17.6 Å². The van der Waals surface area contributed by atoms with Crippen LogP contribution in [0.2, 0.25) is 0 Å². The topological polar surface area (TPSA) is 79.0 Å². The Hall–Kier alpha value is -3.27. The molecule has 0 radical (unpaired) electrons. The number of hydrogen-bond donors (Lipinski definition) is 1. The third-order valence-corrected chi connectivity index (χ3v) is 7.50. The first-order valence-electron chi connectivity index (χ1n) is 11.4. The summed E-state index contributed by atoms with van der Waals surface area (Å²) >= 11 is 0. The van der Waals surface area contributed by atoms with Gasteiger partial charge in [-0.05, 0) is 35.4 Å². The highest BCUT2D eigenvalue weighted by Crippen LogP contribution is 2.26. The number of carbonyl (C=O) groups is 1. The summed E-state index contributed by atoms with van der Waals surface area (Å²) in [6, 6.07) is 21.1. The van der Waals surface area contributed by atoms with E-state index < -0.39 is 28.3 Å². The van der Waals surface area contributed by atoms with Crippen LogP contribution in [-0.2, 0) is 32.6 Å². The van der Waals surface area contributed by atoms with Crippen LogP contribution in [0.15, 0.2) is 83.8 Å². The number of nitrogens with one attached hydrogen (secondary N) is 1. The Kier molecular flexibility index (Phi) is 8.12. The summed E-state index contributed by atoms with van der Waals surface area (Å²) in [7, 11) is -4.16. The van der Waals surface area contributed by atoms with E-state index in [1.807, 2.05) is 24.3 Å². The van der Waals surface area contributed by atoms with Crippen molar-refractivity contribution in [3.05, 3.63) is 95.8 Å². The van der Waals surface area contributed by atoms with Crippen molar-refractivity contribution in [2.75, 3.05) is 37.2 Å². The van der Waals surface area contributed by atoms with E-state index in [1.54, 1.807) is 18.2 Å². The molecule has 1 N–H and O–H groups in total. The molecule has 184 valence electrons. The molecular weight excluding hydrogens is 469 g/mol. The van der Waals surface area contributed by atoms with Crippen LogP contribution in [0.4, 0.5) is 10.1 Å². The van der Waals surface area contributed by atoms with E-state index in [2.05, 4.69) is 10.2 Å². The molecular formula is C26H28FN3O4S. The number of nitrogens with zero attached hydrogens (tertiary/aromatic N) is 2. The third-order valence-electron chi connectivity index (χ3n) is 5.73. The summed E-state index contributed by atoms with van der Waals surface area (Å²) in [6.07, 6.45) is 0. The van der Waals surface area contributed by atoms with Crippen molar-refractivity contribution < 1.29 is 22.3 Å². The second-order valence-electron chi connectivity index (χ2n) is 8.26. The SMILES string of the molecule is O=C(CN(c1ccccc1F)S(=O)(=O)c1ccccc1)NCc1cccc(CN2CCOCC2)c1. The Labute approximate surface area is 205 Å². The Morgan fingerprint density at radius 1 is 0.943 bits per heavy atom. The number of morpholine rings is 1. The van der Waals surface area contributed by atoms with Gasteiger partial charge in [-0.25, -0.2) is 12.8 Å². The van der Waals surface area contributed by atoms with Gasteiger partial charge in [0.1, 0.15) is 12.4 Å². The standard InChI is InChI=1S/C26H28FN3O4S/c27-24-11-4-5-12-25(24)30(35(32,33)23-9-2-1-3-10-23)20-26(31)28-18-21-7-6-8-22(17-21)19-29-13-15-34-16-14-29/h1-12,17H,13-16,18-20H2,(H,28,31). The number of anilines is 1. The number of carbonyl (C=O) groups excluding carboxylic acids is 1. The van der Waals surface area contributed by atoms with Crippen LogP contribution >= 0.6 is 0 Å². The van der Waals surface area contributed by atoms with Crippen molar-refractivity contribution in [1.82, 2.24) is 10.2 Å². The van der Waals surface area contributed by atoms with Crippen LogP contribution in [0.25, 0.3) is 0 Å². The molecule has 3 aromatic rings. The maximum atomic E-state index is 14.6. The molecule has 0 atom stereocenters. The molecule has 1 fully saturated rings. The minimum Gasteiger partial charge on any atom is -0.379 e. The molecule has 0 saturated carbocycles. The average molecular weight is 498 g/mol. The molecule has 35 heavy (non-hydrogen) atoms. The van der Waals surface area contributed by atoms with E-state index in [-0.39, 0.29) is 17.1 Å². The van der Waals surface area contributed by atoms with Gasteiger partial charge in [0.25, 0.3) is 10.0 Å². The van der Waals surface area contributed by atoms with Gasteiger partial charge < -0.3 is 10.1 Å². The zero-order valence-electron chi connectivity index (χ0n) is 19.3. The van der Waals surface area contributed by atoms with Gasteiger partial charge in [-0.2, -0.15) is 0 Å². The fraction of sp³-hybridized carbons (Fsp3) is 0.269. The highest BCUT2D eigenvalue weighted by atomic mass is 32.2. The van der Waals surface area contributed by atoms with Gasteiger partial charge in [0.15, 0.2) is 0 Å². The molecule has 1 aliphatic heterocycles. The van der Waals surface area contributed by atoms with Crippen LogP contribution in [0.5, 0.6) is 0 Å². The third kappa shape index (κ3) is 6.45. The normalized spacial score (nSPS) is 14.4. The van der Waals surface area contributed by atoms with Crippen molar-refractivity contribution >= 4 is 21.6 Å². The summed E-state index contributed by atoms with van der Waals surface area (Å²) in [5.41, 5.74) is 1.84. The molecule has 1 saturated heterocycles. The number of ether oxygens (including phenoxy) is 1. The first kappa shape index (κ1) is 24.8. The van der Waals surface area contributed by atoms with Gasteiger partial charge in [0.05, 0.1) is 23.8 Å². The Morgan fingerprint density at radius 3 is 2.37 bits per heavy atom. The van der Waals surface area contributed by atoms with Crippen LogP contribution in [0.1, 0.15) is 11.1 Å². The summed E-state index contributed by atoms with van der Waals surface area (Å²) in [4.78, 5) is 15.1. The highest BCUT2D eigenvalue weighted by Gasteiger charge is 2.29. The van der Waals surface area contributed by atoms with Crippen LogP contribution in [-0.4, -0.2) is 52.1 Å². The zero-order valence-corrected chi connectivity index (χ0v) is 20.1. The second-order valence-corrected chi connectivity index (χ2v) is 10.1. The van der Waals surface area contributed by atoms with E-state index in [4.69, 9.17) is 4.74 Å². The predicted octanol–water partition coefficient (Wildman–Crippen LogP) is 3.17. The molecule has 0 unspecified atom stereocenters. The molecule has 9 heteroatoms. The zero-order chi connectivity index (χ0) is 24.7. The molecule has 0 spiro atoms. The van der Waals surface area contributed by atoms with E-state index in [1.165, 1.54) is 36.4 Å². The van der Waals surface area contributed by atoms with Crippen LogP contribution < -0.4 is 9.62 Å². The number of para-hydroxylation sites is 1. The van der Waals surface area contributed by atoms with Gasteiger partial charge in [-0.1, -0.05) is 54.6 Å². The molecule has 1 aliphatic rings. The van der Waals surface area contributed by atoms with Crippen molar-refractivity contribution in [2.24, 2.45) is 0 Å². The van der Waals surface area contributed by atoms with Crippen molar-refractivity contribution in [2.45, 2.75) is 18.0 Å². The first-order chi connectivity index (χ1) is 16.9. The summed E-state index contributed by atoms with van der Waals surface area (Å²) in [5.74, 6) is -1.26. The van der Waals surface area contributed by atoms with Gasteiger partial charge in [0.2, 0.25) is 5.91 Å². The minimum absolute atomic E-state index is 0.0214. The fourth-order valence-corrected chi connectivity index (χ4v) is 5.37. The fourth-order valence-electron chi connectivity index (χ4n) is 3.92. The average Bonchev–Trinajstić information content (AvgIpc) is 2.88. The molecule has 1 amide bonds. The Bertz CT molecular complexity index is 1250. The predicted molar refractivity (Wildman–Crippen MR) is 132 cm³/mol. The van der Waals surface area contributed by atoms with Crippen molar-refractivity contribution in [1.29, 1.82) is 0 Å². The number of hydrogen-bond acceptors (Lipinski definition) is 5. The second kappa shape index (κ2) is 11.4. The molecule has 0 aromatic heterocycles. The highest BCUT2D eigenvalue weighted by molar-refractivity contribution is 7.92. The van der Waals surface area contributed by atoms with Crippen LogP contribution in [0, 0.1) is 5.82 Å². The lowest BCUT2D eigenvalue weighted by atomic mass is 10.1. The number of rotatable bonds is 9. The van der Waals surface area contributed by atoms with E-state index in [0.29, 0.717) is 0 Å². The largest absolute Gasteiger partial charge is 0.379 e. The summed E-state index contributed by atoms with van der Waals surface area (Å²) in [5, 5.41) is 2.77. The van der Waals surface area contributed by atoms with Crippen LogP contribution in [0.3, 0.4) is 0 Å². The smallest absolute Gasteiger partial charge is 0.264 e. The molecule has 0 bridgehead atoms. The van der Waals surface area contributed by atoms with Gasteiger partial charge in [0, 0.05) is 26.2 Å². The quantitative estimate of drug-likeness (QED) is 0.491. The minimum atomic E-state index is -4.16. The lowest BCUT2D eigenvalue weighted by molar-refractivity contribution is -0.119. The summed E-state index contributed by atoms with van der Waals surface area (Å²) < 4.78 is 47.4. The molecule has 7 nitrogen and oxygen atoms in total. The van der Waals surface area contributed by atoms with Gasteiger partial charge >= 0.3 is 0 Å². The number of amides is 1. The number of sulfonamides is 1. The number of benzene rings is 3. The molecule has 4 rings (SSSR count).